The number of rotatable bonds is 2. The van der Waals surface area contributed by atoms with E-state index >= 15 is 0 Å². The molecule has 0 amide bonds. The van der Waals surface area contributed by atoms with E-state index in [2.05, 4.69) is 30.7 Å². The summed E-state index contributed by atoms with van der Waals surface area (Å²) in [4.78, 5) is 9.06. The average molecular weight is 334 g/mol. The predicted octanol–water partition coefficient (Wildman–Crippen LogP) is 2.88. The number of phenolic OH excluding ortho intramolecular Hbond substituents is 1. The second-order valence-electron chi connectivity index (χ2n) is 4.83. The maximum atomic E-state index is 9.33. The lowest BCUT2D eigenvalue weighted by molar-refractivity contribution is 0.475. The van der Waals surface area contributed by atoms with E-state index in [9.17, 15) is 5.11 Å². The fourth-order valence-electron chi connectivity index (χ4n) is 2.41. The molecule has 2 heterocycles. The number of hydrogen-bond acceptors (Lipinski definition) is 4. The zero-order valence-electron chi connectivity index (χ0n) is 11.0. The van der Waals surface area contributed by atoms with Crippen LogP contribution in [-0.4, -0.2) is 36.3 Å². The SMILES string of the molecule is Oc1ccc(N2CCN(c3ccc(Br)cn3)CC2)cc1. The van der Waals surface area contributed by atoms with Crippen molar-refractivity contribution in [3.05, 3.63) is 47.1 Å². The third kappa shape index (κ3) is 2.88. The summed E-state index contributed by atoms with van der Waals surface area (Å²) in [5.74, 6) is 1.34. The van der Waals surface area contributed by atoms with Crippen LogP contribution in [0.15, 0.2) is 47.1 Å². The summed E-state index contributed by atoms with van der Waals surface area (Å²) in [6.07, 6.45) is 1.84. The molecule has 2 aromatic rings. The zero-order valence-corrected chi connectivity index (χ0v) is 12.6. The van der Waals surface area contributed by atoms with Gasteiger partial charge >= 0.3 is 0 Å². The van der Waals surface area contributed by atoms with Gasteiger partial charge in [-0.3, -0.25) is 0 Å². The Kier molecular flexibility index (Phi) is 3.78. The molecule has 1 aromatic heterocycles. The second-order valence-corrected chi connectivity index (χ2v) is 5.74. The third-order valence-electron chi connectivity index (χ3n) is 3.53. The van der Waals surface area contributed by atoms with E-state index in [1.807, 2.05) is 30.5 Å². The van der Waals surface area contributed by atoms with Gasteiger partial charge in [-0.2, -0.15) is 0 Å². The molecule has 1 N–H and O–H groups in total. The lowest BCUT2D eigenvalue weighted by Gasteiger charge is -2.36. The number of nitrogens with zero attached hydrogens (tertiary/aromatic N) is 3. The van der Waals surface area contributed by atoms with Crippen LogP contribution in [0.1, 0.15) is 0 Å². The standard InChI is InChI=1S/C15H16BrN3O/c16-12-1-6-15(17-11-12)19-9-7-18(8-10-19)13-2-4-14(20)5-3-13/h1-6,11,20H,7-10H2. The fourth-order valence-corrected chi connectivity index (χ4v) is 2.65. The number of benzene rings is 1. The molecule has 0 unspecified atom stereocenters. The lowest BCUT2D eigenvalue weighted by atomic mass is 10.2. The van der Waals surface area contributed by atoms with Gasteiger partial charge in [-0.25, -0.2) is 4.98 Å². The molecule has 0 spiro atoms. The first-order valence-corrected chi connectivity index (χ1v) is 7.42. The summed E-state index contributed by atoms with van der Waals surface area (Å²) in [7, 11) is 0. The van der Waals surface area contributed by atoms with Crippen molar-refractivity contribution in [3.8, 4) is 5.75 Å². The van der Waals surface area contributed by atoms with Crippen molar-refractivity contribution in [2.45, 2.75) is 0 Å². The Bertz CT molecular complexity index is 509. The quantitative estimate of drug-likeness (QED) is 0.917. The number of piperazine rings is 1. The number of aromatic nitrogens is 1. The molecular formula is C15H16BrN3O. The van der Waals surface area contributed by atoms with Crippen LogP contribution in [0.25, 0.3) is 0 Å². The van der Waals surface area contributed by atoms with Crippen molar-refractivity contribution in [2.75, 3.05) is 36.0 Å². The summed E-state index contributed by atoms with van der Waals surface area (Å²) in [6, 6.07) is 11.5. The molecule has 1 aromatic carbocycles. The molecule has 20 heavy (non-hydrogen) atoms. The van der Waals surface area contributed by atoms with E-state index in [4.69, 9.17) is 0 Å². The van der Waals surface area contributed by atoms with Crippen LogP contribution in [0.5, 0.6) is 5.75 Å². The van der Waals surface area contributed by atoms with E-state index in [0.29, 0.717) is 5.75 Å². The minimum absolute atomic E-state index is 0.312. The van der Waals surface area contributed by atoms with Gasteiger partial charge in [-0.1, -0.05) is 0 Å². The van der Waals surface area contributed by atoms with Crippen molar-refractivity contribution in [3.63, 3.8) is 0 Å². The summed E-state index contributed by atoms with van der Waals surface area (Å²) >= 11 is 3.41. The second kappa shape index (κ2) is 5.71. The molecule has 5 heteroatoms. The Balaban J connectivity index is 1.64. The van der Waals surface area contributed by atoms with Crippen LogP contribution < -0.4 is 9.80 Å². The van der Waals surface area contributed by atoms with E-state index in [1.54, 1.807) is 12.1 Å². The Morgan fingerprint density at radius 1 is 0.900 bits per heavy atom. The molecule has 1 aliphatic rings. The van der Waals surface area contributed by atoms with Gasteiger partial charge in [0.15, 0.2) is 0 Å². The zero-order chi connectivity index (χ0) is 13.9. The number of aromatic hydroxyl groups is 1. The van der Waals surface area contributed by atoms with Crippen LogP contribution in [0.4, 0.5) is 11.5 Å². The van der Waals surface area contributed by atoms with E-state index < -0.39 is 0 Å². The van der Waals surface area contributed by atoms with Crippen LogP contribution in [0.2, 0.25) is 0 Å². The first-order chi connectivity index (χ1) is 9.72. The van der Waals surface area contributed by atoms with Crippen molar-refractivity contribution >= 4 is 27.4 Å². The van der Waals surface area contributed by atoms with Gasteiger partial charge in [0.1, 0.15) is 11.6 Å². The van der Waals surface area contributed by atoms with Crippen molar-refractivity contribution < 1.29 is 5.11 Å². The Morgan fingerprint density at radius 3 is 2.15 bits per heavy atom. The minimum Gasteiger partial charge on any atom is -0.508 e. The van der Waals surface area contributed by atoms with Crippen LogP contribution in [0.3, 0.4) is 0 Å². The Hall–Kier alpha value is -1.75. The first kappa shape index (κ1) is 13.2. The first-order valence-electron chi connectivity index (χ1n) is 6.63. The highest BCUT2D eigenvalue weighted by Crippen LogP contribution is 2.22. The number of halogens is 1. The summed E-state index contributed by atoms with van der Waals surface area (Å²) in [6.45, 7) is 3.83. The summed E-state index contributed by atoms with van der Waals surface area (Å²) in [5, 5.41) is 9.33. The van der Waals surface area contributed by atoms with Crippen LogP contribution in [-0.2, 0) is 0 Å². The van der Waals surface area contributed by atoms with Gasteiger partial charge in [0.25, 0.3) is 0 Å². The summed E-state index contributed by atoms with van der Waals surface area (Å²) < 4.78 is 1.00. The fraction of sp³-hybridized carbons (Fsp3) is 0.267. The highest BCUT2D eigenvalue weighted by atomic mass is 79.9. The van der Waals surface area contributed by atoms with Crippen molar-refractivity contribution in [1.82, 2.24) is 4.98 Å². The monoisotopic (exact) mass is 333 g/mol. The topological polar surface area (TPSA) is 39.6 Å². The van der Waals surface area contributed by atoms with Gasteiger partial charge < -0.3 is 14.9 Å². The van der Waals surface area contributed by atoms with E-state index in [1.165, 1.54) is 0 Å². The molecule has 0 atom stereocenters. The normalized spacial score (nSPS) is 15.4. The van der Waals surface area contributed by atoms with Crippen LogP contribution in [0, 0.1) is 0 Å². The Morgan fingerprint density at radius 2 is 1.55 bits per heavy atom. The third-order valence-corrected chi connectivity index (χ3v) is 4.00. The molecule has 0 aliphatic carbocycles. The number of anilines is 2. The molecule has 0 saturated carbocycles. The molecule has 1 aliphatic heterocycles. The highest BCUT2D eigenvalue weighted by Gasteiger charge is 2.18. The van der Waals surface area contributed by atoms with E-state index in [-0.39, 0.29) is 0 Å². The Labute approximate surface area is 126 Å². The van der Waals surface area contributed by atoms with Gasteiger partial charge in [0, 0.05) is 42.5 Å². The minimum atomic E-state index is 0.312. The molecular weight excluding hydrogens is 318 g/mol. The number of hydrogen-bond donors (Lipinski definition) is 1. The number of phenols is 1. The highest BCUT2D eigenvalue weighted by molar-refractivity contribution is 9.10. The smallest absolute Gasteiger partial charge is 0.128 e. The molecule has 104 valence electrons. The van der Waals surface area contributed by atoms with Gasteiger partial charge in [-0.05, 0) is 52.3 Å². The molecule has 3 rings (SSSR count). The maximum Gasteiger partial charge on any atom is 0.128 e. The van der Waals surface area contributed by atoms with Gasteiger partial charge in [0.05, 0.1) is 0 Å². The predicted molar refractivity (Wildman–Crippen MR) is 84.5 cm³/mol. The van der Waals surface area contributed by atoms with E-state index in [0.717, 1.165) is 42.2 Å². The molecule has 4 nitrogen and oxygen atoms in total. The van der Waals surface area contributed by atoms with Crippen molar-refractivity contribution in [1.29, 1.82) is 0 Å². The lowest BCUT2D eigenvalue weighted by Crippen LogP contribution is -2.46. The molecule has 0 radical (unpaired) electrons. The average Bonchev–Trinajstić information content (AvgIpc) is 2.49. The number of pyridine rings is 1. The summed E-state index contributed by atoms with van der Waals surface area (Å²) in [5.41, 5.74) is 1.16. The van der Waals surface area contributed by atoms with Crippen molar-refractivity contribution in [2.24, 2.45) is 0 Å². The largest absolute Gasteiger partial charge is 0.508 e. The van der Waals surface area contributed by atoms with Gasteiger partial charge in [-0.15, -0.1) is 0 Å². The molecule has 1 fully saturated rings. The van der Waals surface area contributed by atoms with Gasteiger partial charge in [0.2, 0.25) is 0 Å². The molecule has 0 bridgehead atoms. The van der Waals surface area contributed by atoms with Crippen LogP contribution >= 0.6 is 15.9 Å². The molecule has 1 saturated heterocycles. The maximum absolute atomic E-state index is 9.33.